The van der Waals surface area contributed by atoms with E-state index in [2.05, 4.69) is 5.32 Å². The van der Waals surface area contributed by atoms with Gasteiger partial charge in [0.15, 0.2) is 5.94 Å². The van der Waals surface area contributed by atoms with E-state index < -0.39 is 5.97 Å². The molecule has 0 amide bonds. The summed E-state index contributed by atoms with van der Waals surface area (Å²) in [5, 5.41) is 11.6. The normalized spacial score (nSPS) is 16.8. The van der Waals surface area contributed by atoms with Crippen LogP contribution in [0.1, 0.15) is 0 Å². The van der Waals surface area contributed by atoms with E-state index in [0.717, 1.165) is 0 Å². The molecule has 0 radical (unpaired) electrons. The Kier molecular flexibility index (Phi) is 2.85. The van der Waals surface area contributed by atoms with Crippen molar-refractivity contribution >= 4 is 11.9 Å². The Morgan fingerprint density at radius 2 is 2.00 bits per heavy atom. The van der Waals surface area contributed by atoms with Gasteiger partial charge >= 0.3 is 5.97 Å². The molecule has 0 bridgehead atoms. The fourth-order valence-electron chi connectivity index (χ4n) is 1.13. The van der Waals surface area contributed by atoms with E-state index in [0.29, 0.717) is 26.2 Å². The molecule has 0 saturated carbocycles. The van der Waals surface area contributed by atoms with E-state index in [1.165, 1.54) is 10.8 Å². The Labute approximate surface area is 69.7 Å². The lowest BCUT2D eigenvalue weighted by molar-refractivity contribution is -0.134. The summed E-state index contributed by atoms with van der Waals surface area (Å²) < 4.78 is 0. The molecule has 0 aromatic heterocycles. The maximum atomic E-state index is 10.5. The minimum Gasteiger partial charge on any atom is -0.476 e. The van der Waals surface area contributed by atoms with Gasteiger partial charge < -0.3 is 15.3 Å². The Morgan fingerprint density at radius 3 is 2.42 bits per heavy atom. The summed E-state index contributed by atoms with van der Waals surface area (Å²) in [6.45, 7) is 2.52. The molecule has 5 nitrogen and oxygen atoms in total. The van der Waals surface area contributed by atoms with Gasteiger partial charge in [-0.3, -0.25) is 0 Å². The van der Waals surface area contributed by atoms with E-state index >= 15 is 0 Å². The van der Waals surface area contributed by atoms with Gasteiger partial charge in [0, 0.05) is 26.2 Å². The van der Waals surface area contributed by atoms with E-state index in [4.69, 9.17) is 5.11 Å². The van der Waals surface area contributed by atoms with Crippen LogP contribution in [0.15, 0.2) is 5.70 Å². The van der Waals surface area contributed by atoms with Crippen LogP contribution in [-0.2, 0) is 9.59 Å². The van der Waals surface area contributed by atoms with Crippen molar-refractivity contribution in [1.29, 1.82) is 0 Å². The van der Waals surface area contributed by atoms with Gasteiger partial charge in [-0.25, -0.2) is 9.59 Å². The second-order valence-corrected chi connectivity index (χ2v) is 2.49. The summed E-state index contributed by atoms with van der Waals surface area (Å²) >= 11 is 0. The maximum Gasteiger partial charge on any atom is 0.363 e. The van der Waals surface area contributed by atoms with Gasteiger partial charge in [0.25, 0.3) is 0 Å². The monoisotopic (exact) mass is 170 g/mol. The highest BCUT2D eigenvalue weighted by Gasteiger charge is 2.19. The molecule has 1 heterocycles. The fraction of sp³-hybridized carbons (Fsp3) is 0.571. The first kappa shape index (κ1) is 8.77. The third-order valence-corrected chi connectivity index (χ3v) is 1.73. The Hall–Kier alpha value is -1.32. The van der Waals surface area contributed by atoms with Crippen molar-refractivity contribution in [2.45, 2.75) is 0 Å². The van der Waals surface area contributed by atoms with E-state index in [-0.39, 0.29) is 5.70 Å². The molecule has 2 N–H and O–H groups in total. The summed E-state index contributed by atoms with van der Waals surface area (Å²) in [6.07, 6.45) is 0. The minimum atomic E-state index is -1.20. The maximum absolute atomic E-state index is 10.5. The number of nitrogens with zero attached hydrogens (tertiary/aromatic N) is 1. The molecular weight excluding hydrogens is 160 g/mol. The summed E-state index contributed by atoms with van der Waals surface area (Å²) in [5.74, 6) is 0.235. The third kappa shape index (κ3) is 1.84. The van der Waals surface area contributed by atoms with Crippen molar-refractivity contribution in [1.82, 2.24) is 10.2 Å². The van der Waals surface area contributed by atoms with Crippen LogP contribution in [0.3, 0.4) is 0 Å². The van der Waals surface area contributed by atoms with Crippen molar-refractivity contribution in [3.05, 3.63) is 5.70 Å². The van der Waals surface area contributed by atoms with Gasteiger partial charge in [-0.15, -0.1) is 0 Å². The molecule has 12 heavy (non-hydrogen) atoms. The van der Waals surface area contributed by atoms with Crippen LogP contribution in [-0.4, -0.2) is 48.1 Å². The van der Waals surface area contributed by atoms with E-state index in [9.17, 15) is 9.59 Å². The zero-order chi connectivity index (χ0) is 8.97. The molecule has 0 spiro atoms. The van der Waals surface area contributed by atoms with Gasteiger partial charge in [-0.2, -0.15) is 0 Å². The quantitative estimate of drug-likeness (QED) is 0.398. The van der Waals surface area contributed by atoms with Crippen LogP contribution in [0.2, 0.25) is 0 Å². The first-order valence-electron chi connectivity index (χ1n) is 3.70. The topological polar surface area (TPSA) is 69.6 Å². The van der Waals surface area contributed by atoms with E-state index in [1.807, 2.05) is 0 Å². The summed E-state index contributed by atoms with van der Waals surface area (Å²) in [6, 6.07) is 0. The minimum absolute atomic E-state index is 0.267. The standard InChI is InChI=1S/C7H10N2O3/c10-5-6(7(11)12)9-3-1-8-2-4-9/h8H,1-4H2,(H,11,12). The van der Waals surface area contributed by atoms with Crippen LogP contribution < -0.4 is 5.32 Å². The number of carboxylic acids is 1. The highest BCUT2D eigenvalue weighted by Crippen LogP contribution is 2.01. The number of aliphatic carboxylic acids is 1. The van der Waals surface area contributed by atoms with Gasteiger partial charge in [0.05, 0.1) is 0 Å². The molecule has 1 aliphatic rings. The van der Waals surface area contributed by atoms with Crippen molar-refractivity contribution in [2.24, 2.45) is 0 Å². The molecule has 0 aromatic carbocycles. The number of piperazine rings is 1. The molecule has 66 valence electrons. The van der Waals surface area contributed by atoms with Crippen LogP contribution in [0, 0.1) is 0 Å². The highest BCUT2D eigenvalue weighted by atomic mass is 16.4. The largest absolute Gasteiger partial charge is 0.476 e. The van der Waals surface area contributed by atoms with Crippen molar-refractivity contribution in [3.8, 4) is 0 Å². The highest BCUT2D eigenvalue weighted by molar-refractivity contribution is 5.94. The number of hydrogen-bond donors (Lipinski definition) is 2. The Balaban J connectivity index is 2.65. The first-order chi connectivity index (χ1) is 5.75. The molecule has 1 rings (SSSR count). The Bertz CT molecular complexity index is 227. The van der Waals surface area contributed by atoms with Gasteiger partial charge in [0.2, 0.25) is 5.70 Å². The number of carbonyl (C=O) groups is 1. The van der Waals surface area contributed by atoms with Crippen LogP contribution >= 0.6 is 0 Å². The van der Waals surface area contributed by atoms with E-state index in [1.54, 1.807) is 0 Å². The number of nitrogens with one attached hydrogen (secondary N) is 1. The average molecular weight is 170 g/mol. The second kappa shape index (κ2) is 3.90. The van der Waals surface area contributed by atoms with Crippen LogP contribution in [0.4, 0.5) is 0 Å². The summed E-state index contributed by atoms with van der Waals surface area (Å²) in [4.78, 5) is 22.2. The molecule has 0 aliphatic carbocycles. The fourth-order valence-corrected chi connectivity index (χ4v) is 1.13. The Morgan fingerprint density at radius 1 is 1.42 bits per heavy atom. The molecular formula is C7H10N2O3. The van der Waals surface area contributed by atoms with Crippen molar-refractivity contribution in [3.63, 3.8) is 0 Å². The molecule has 1 saturated heterocycles. The number of hydrogen-bond acceptors (Lipinski definition) is 4. The van der Waals surface area contributed by atoms with Gasteiger partial charge in [0.1, 0.15) is 0 Å². The zero-order valence-electron chi connectivity index (χ0n) is 6.54. The lowest BCUT2D eigenvalue weighted by Crippen LogP contribution is -2.44. The molecule has 0 atom stereocenters. The smallest absolute Gasteiger partial charge is 0.363 e. The van der Waals surface area contributed by atoms with Gasteiger partial charge in [-0.05, 0) is 0 Å². The number of rotatable bonds is 2. The van der Waals surface area contributed by atoms with Gasteiger partial charge in [-0.1, -0.05) is 0 Å². The lowest BCUT2D eigenvalue weighted by Gasteiger charge is -2.27. The average Bonchev–Trinajstić information content (AvgIpc) is 2.07. The van der Waals surface area contributed by atoms with Crippen LogP contribution in [0.5, 0.6) is 0 Å². The second-order valence-electron chi connectivity index (χ2n) is 2.49. The molecule has 5 heteroatoms. The molecule has 0 aromatic rings. The van der Waals surface area contributed by atoms with Crippen molar-refractivity contribution < 1.29 is 14.7 Å². The third-order valence-electron chi connectivity index (χ3n) is 1.73. The van der Waals surface area contributed by atoms with Crippen molar-refractivity contribution in [2.75, 3.05) is 26.2 Å². The summed E-state index contributed by atoms with van der Waals surface area (Å²) in [7, 11) is 0. The number of carbonyl (C=O) groups excluding carboxylic acids is 1. The zero-order valence-corrected chi connectivity index (χ0v) is 6.54. The SMILES string of the molecule is O=C=C(C(=O)O)N1CCNCC1. The first-order valence-corrected chi connectivity index (χ1v) is 3.70. The summed E-state index contributed by atoms with van der Waals surface area (Å²) in [5.41, 5.74) is -0.267. The lowest BCUT2D eigenvalue weighted by atomic mass is 10.3. The molecule has 1 aliphatic heterocycles. The molecule has 1 fully saturated rings. The number of carboxylic acid groups (broad SMARTS) is 1. The predicted molar refractivity (Wildman–Crippen MR) is 41.3 cm³/mol. The van der Waals surface area contributed by atoms with Crippen LogP contribution in [0.25, 0.3) is 0 Å². The molecule has 0 unspecified atom stereocenters. The predicted octanol–water partition coefficient (Wildman–Crippen LogP) is -1.31.